The number of hydrogen-bond donors (Lipinski definition) is 1. The van der Waals surface area contributed by atoms with E-state index in [2.05, 4.69) is 58.6 Å². The Morgan fingerprint density at radius 1 is 0.864 bits per heavy atom. The molecule has 0 atom stereocenters. The summed E-state index contributed by atoms with van der Waals surface area (Å²) >= 11 is 5.68. The Bertz CT molecular complexity index is 1280. The first-order valence-corrected chi connectivity index (χ1v) is 19.5. The maximum atomic E-state index is 13.9. The first-order chi connectivity index (χ1) is 21.1. The van der Waals surface area contributed by atoms with Crippen molar-refractivity contribution in [2.45, 2.75) is 58.0 Å². The summed E-state index contributed by atoms with van der Waals surface area (Å²) in [6.07, 6.45) is 10.5. The summed E-state index contributed by atoms with van der Waals surface area (Å²) in [6, 6.07) is 10.6. The normalized spacial score (nSPS) is 13.6. The molecule has 9 heteroatoms. The van der Waals surface area contributed by atoms with Crippen LogP contribution in [0.3, 0.4) is 0 Å². The SMILES string of the molecule is CN(C)c1ccc2c(c1)[Si](C)(C)c1cc(N(C)C)cc(/C=C/CCCC(=O)NCCOCCOCCCCCCCl)c1C2=O. The third kappa shape index (κ3) is 9.93. The van der Waals surface area contributed by atoms with E-state index in [4.69, 9.17) is 21.1 Å². The number of halogens is 1. The van der Waals surface area contributed by atoms with Crippen LogP contribution < -0.4 is 25.5 Å². The molecule has 242 valence electrons. The van der Waals surface area contributed by atoms with Crippen molar-refractivity contribution in [2.24, 2.45) is 0 Å². The van der Waals surface area contributed by atoms with Crippen molar-refractivity contribution in [1.29, 1.82) is 0 Å². The molecule has 2 aromatic carbocycles. The minimum absolute atomic E-state index is 0.0267. The van der Waals surface area contributed by atoms with Gasteiger partial charge in [-0.2, -0.15) is 0 Å². The number of rotatable bonds is 19. The second-order valence-corrected chi connectivity index (χ2v) is 17.1. The zero-order valence-electron chi connectivity index (χ0n) is 27.6. The zero-order chi connectivity index (χ0) is 32.1. The van der Waals surface area contributed by atoms with E-state index in [1.165, 1.54) is 10.4 Å². The van der Waals surface area contributed by atoms with Crippen molar-refractivity contribution in [2.75, 3.05) is 76.8 Å². The van der Waals surface area contributed by atoms with E-state index in [1.54, 1.807) is 0 Å². The number of carbonyl (C=O) groups excluding carboxylic acids is 2. The summed E-state index contributed by atoms with van der Waals surface area (Å²) in [6.45, 7) is 7.52. The average Bonchev–Trinajstić information content (AvgIpc) is 2.99. The number of carbonyl (C=O) groups is 2. The third-order valence-electron chi connectivity index (χ3n) is 8.19. The molecular formula is C35H52ClN3O4Si. The minimum atomic E-state index is -2.14. The summed E-state index contributed by atoms with van der Waals surface area (Å²) in [4.78, 5) is 30.4. The number of unbranched alkanes of at least 4 members (excludes halogenated alkanes) is 4. The molecule has 0 saturated carbocycles. The van der Waals surface area contributed by atoms with E-state index >= 15 is 0 Å². The van der Waals surface area contributed by atoms with E-state index in [9.17, 15) is 9.59 Å². The average molecular weight is 642 g/mol. The van der Waals surface area contributed by atoms with Crippen LogP contribution in [-0.2, 0) is 14.3 Å². The van der Waals surface area contributed by atoms with Crippen molar-refractivity contribution in [3.63, 3.8) is 0 Å². The van der Waals surface area contributed by atoms with E-state index in [0.29, 0.717) is 32.8 Å². The fraction of sp³-hybridized carbons (Fsp3) is 0.543. The molecule has 1 amide bonds. The quantitative estimate of drug-likeness (QED) is 0.127. The Morgan fingerprint density at radius 3 is 2.25 bits per heavy atom. The summed E-state index contributed by atoms with van der Waals surface area (Å²) < 4.78 is 11.1. The van der Waals surface area contributed by atoms with Crippen molar-refractivity contribution in [3.05, 3.63) is 53.1 Å². The number of hydrogen-bond acceptors (Lipinski definition) is 6. The third-order valence-corrected chi connectivity index (χ3v) is 12.0. The lowest BCUT2D eigenvalue weighted by atomic mass is 9.95. The molecule has 7 nitrogen and oxygen atoms in total. The van der Waals surface area contributed by atoms with Gasteiger partial charge < -0.3 is 24.6 Å². The molecule has 0 spiro atoms. The smallest absolute Gasteiger partial charge is 0.220 e. The molecule has 1 aliphatic rings. The Balaban J connectivity index is 1.50. The Labute approximate surface area is 270 Å². The summed E-state index contributed by atoms with van der Waals surface area (Å²) in [5, 5.41) is 5.31. The molecule has 0 aliphatic carbocycles. The molecule has 44 heavy (non-hydrogen) atoms. The van der Waals surface area contributed by atoms with Crippen LogP contribution in [0.25, 0.3) is 6.08 Å². The van der Waals surface area contributed by atoms with Gasteiger partial charge in [-0.25, -0.2) is 0 Å². The van der Waals surface area contributed by atoms with E-state index < -0.39 is 8.07 Å². The van der Waals surface area contributed by atoms with Gasteiger partial charge in [0.15, 0.2) is 5.78 Å². The van der Waals surface area contributed by atoms with Crippen molar-refractivity contribution in [3.8, 4) is 0 Å². The predicted octanol–water partition coefficient (Wildman–Crippen LogP) is 5.32. The highest BCUT2D eigenvalue weighted by molar-refractivity contribution is 7.02. The molecule has 0 unspecified atom stereocenters. The fourth-order valence-electron chi connectivity index (χ4n) is 5.51. The lowest BCUT2D eigenvalue weighted by molar-refractivity contribution is -0.121. The van der Waals surface area contributed by atoms with E-state index in [-0.39, 0.29) is 11.7 Å². The van der Waals surface area contributed by atoms with Crippen LogP contribution in [0.15, 0.2) is 36.4 Å². The van der Waals surface area contributed by atoms with Crippen molar-refractivity contribution >= 4 is 59.2 Å². The highest BCUT2D eigenvalue weighted by Crippen LogP contribution is 2.29. The molecule has 1 heterocycles. The number of alkyl halides is 1. The Hall–Kier alpha value is -2.65. The maximum absolute atomic E-state index is 13.9. The number of allylic oxidation sites excluding steroid dienone is 1. The van der Waals surface area contributed by atoms with Gasteiger partial charge in [0.2, 0.25) is 5.91 Å². The summed E-state index contributed by atoms with van der Waals surface area (Å²) in [5.41, 5.74) is 4.82. The highest BCUT2D eigenvalue weighted by atomic mass is 35.5. The zero-order valence-corrected chi connectivity index (χ0v) is 29.4. The first-order valence-electron chi connectivity index (χ1n) is 15.9. The number of amides is 1. The largest absolute Gasteiger partial charge is 0.379 e. The monoisotopic (exact) mass is 641 g/mol. The van der Waals surface area contributed by atoms with Gasteiger partial charge in [-0.3, -0.25) is 9.59 Å². The fourth-order valence-corrected chi connectivity index (χ4v) is 8.76. The van der Waals surface area contributed by atoms with Gasteiger partial charge in [-0.15, -0.1) is 11.6 Å². The number of ether oxygens (including phenoxy) is 2. The van der Waals surface area contributed by atoms with E-state index in [1.807, 2.05) is 40.3 Å². The van der Waals surface area contributed by atoms with Crippen molar-refractivity contribution in [1.82, 2.24) is 5.32 Å². The van der Waals surface area contributed by atoms with E-state index in [0.717, 1.165) is 79.1 Å². The molecule has 0 bridgehead atoms. The number of fused-ring (bicyclic) bond motifs is 2. The topological polar surface area (TPSA) is 71.1 Å². The van der Waals surface area contributed by atoms with Crippen molar-refractivity contribution < 1.29 is 19.1 Å². The van der Waals surface area contributed by atoms with Crippen LogP contribution in [0.2, 0.25) is 13.1 Å². The molecule has 0 fully saturated rings. The number of anilines is 2. The lowest BCUT2D eigenvalue weighted by Crippen LogP contribution is -2.60. The van der Waals surface area contributed by atoms with Gasteiger partial charge in [0.25, 0.3) is 0 Å². The number of benzene rings is 2. The molecule has 1 N–H and O–H groups in total. The van der Waals surface area contributed by atoms with Crippen LogP contribution in [0.5, 0.6) is 0 Å². The van der Waals surface area contributed by atoms with Gasteiger partial charge in [0.1, 0.15) is 8.07 Å². The summed E-state index contributed by atoms with van der Waals surface area (Å²) in [7, 11) is 6.00. The molecular weight excluding hydrogens is 590 g/mol. The Morgan fingerprint density at radius 2 is 1.55 bits per heavy atom. The molecule has 1 aliphatic heterocycles. The number of nitrogens with zero attached hydrogens (tertiary/aromatic N) is 2. The summed E-state index contributed by atoms with van der Waals surface area (Å²) in [5.74, 6) is 0.857. The molecule has 0 aromatic heterocycles. The molecule has 3 rings (SSSR count). The molecule has 0 saturated heterocycles. The number of nitrogens with one attached hydrogen (secondary N) is 1. The van der Waals surface area contributed by atoms with Gasteiger partial charge >= 0.3 is 0 Å². The minimum Gasteiger partial charge on any atom is -0.379 e. The van der Waals surface area contributed by atoms with Crippen LogP contribution in [0.4, 0.5) is 11.4 Å². The van der Waals surface area contributed by atoms with Gasteiger partial charge in [-0.05, 0) is 72.0 Å². The van der Waals surface area contributed by atoms with Crippen LogP contribution >= 0.6 is 11.6 Å². The lowest BCUT2D eigenvalue weighted by Gasteiger charge is -2.35. The second-order valence-electron chi connectivity index (χ2n) is 12.4. The van der Waals surface area contributed by atoms with Gasteiger partial charge in [-0.1, -0.05) is 38.1 Å². The standard InChI is InChI=1S/C35H52ClN3O4Si/c1-38(2)28-16-17-30-31(25-28)44(5,6)32-26-29(39(3)4)24-27(34(32)35(30)41)14-10-9-11-15-33(40)37-19-21-43-23-22-42-20-13-8-7-12-18-36/h10,14,16-17,24-26H,7-9,11-13,15,18-23H2,1-6H3,(H,37,40)/b14-10+. The molecule has 2 aromatic rings. The second kappa shape index (κ2) is 17.7. The Kier molecular flexibility index (Phi) is 14.4. The van der Waals surface area contributed by atoms with Gasteiger partial charge in [0, 0.05) is 76.1 Å². The molecule has 0 radical (unpaired) electrons. The van der Waals surface area contributed by atoms with Crippen LogP contribution in [-0.4, -0.2) is 86.8 Å². The number of ketones is 1. The first kappa shape index (κ1) is 35.8. The van der Waals surface area contributed by atoms with Gasteiger partial charge in [0.05, 0.1) is 19.8 Å². The maximum Gasteiger partial charge on any atom is 0.220 e. The predicted molar refractivity (Wildman–Crippen MR) is 188 cm³/mol. The van der Waals surface area contributed by atoms with Crippen LogP contribution in [0.1, 0.15) is 66.4 Å². The van der Waals surface area contributed by atoms with Crippen LogP contribution in [0, 0.1) is 0 Å². The highest BCUT2D eigenvalue weighted by Gasteiger charge is 2.40.